The van der Waals surface area contributed by atoms with Crippen molar-refractivity contribution in [2.45, 2.75) is 19.3 Å². The third kappa shape index (κ3) is 2.31. The maximum Gasteiger partial charge on any atom is 0.123 e. The van der Waals surface area contributed by atoms with E-state index in [1.807, 2.05) is 12.1 Å². The average molecular weight is 167 g/mol. The van der Waals surface area contributed by atoms with Gasteiger partial charge in [0.15, 0.2) is 0 Å². The van der Waals surface area contributed by atoms with Gasteiger partial charge in [-0.15, -0.1) is 0 Å². The van der Waals surface area contributed by atoms with Gasteiger partial charge in [-0.05, 0) is 36.6 Å². The Kier molecular flexibility index (Phi) is 3.23. The van der Waals surface area contributed by atoms with E-state index in [1.54, 1.807) is 0 Å². The number of benzene rings is 1. The molecule has 0 aliphatic heterocycles. The van der Waals surface area contributed by atoms with Crippen LogP contribution < -0.4 is 5.73 Å². The monoisotopic (exact) mass is 167 g/mol. The van der Waals surface area contributed by atoms with Gasteiger partial charge in [0.1, 0.15) is 5.82 Å². The van der Waals surface area contributed by atoms with Crippen LogP contribution in [0.3, 0.4) is 0 Å². The minimum absolute atomic E-state index is 0.182. The molecule has 0 saturated carbocycles. The predicted molar refractivity (Wildman–Crippen MR) is 48.5 cm³/mol. The maximum atomic E-state index is 12.5. The van der Waals surface area contributed by atoms with Crippen molar-refractivity contribution >= 4 is 0 Å². The van der Waals surface area contributed by atoms with Gasteiger partial charge >= 0.3 is 0 Å². The third-order valence-corrected chi connectivity index (χ3v) is 2.04. The van der Waals surface area contributed by atoms with Gasteiger partial charge in [-0.2, -0.15) is 0 Å². The van der Waals surface area contributed by atoms with Crippen molar-refractivity contribution in [1.82, 2.24) is 0 Å². The molecule has 1 nitrogen and oxygen atoms in total. The van der Waals surface area contributed by atoms with Gasteiger partial charge in [0.2, 0.25) is 0 Å². The Balaban J connectivity index is 2.68. The molecule has 0 saturated heterocycles. The van der Waals surface area contributed by atoms with Crippen LogP contribution in [0.1, 0.15) is 24.8 Å². The molecule has 2 heteroatoms. The Morgan fingerprint density at radius 3 is 2.42 bits per heavy atom. The van der Waals surface area contributed by atoms with E-state index in [0.29, 0.717) is 12.5 Å². The van der Waals surface area contributed by atoms with Crippen LogP contribution in [0.5, 0.6) is 0 Å². The van der Waals surface area contributed by atoms with Gasteiger partial charge in [-0.1, -0.05) is 19.1 Å². The van der Waals surface area contributed by atoms with Crippen LogP contribution >= 0.6 is 0 Å². The molecule has 0 bridgehead atoms. The summed E-state index contributed by atoms with van der Waals surface area (Å²) in [7, 11) is 0. The second-order valence-electron chi connectivity index (χ2n) is 3.03. The SMILES string of the molecule is C[C@@H](CCN)c1ccc(F)cc1. The van der Waals surface area contributed by atoms with Crippen LogP contribution in [0.2, 0.25) is 0 Å². The number of nitrogens with two attached hydrogens (primary N) is 1. The first-order chi connectivity index (χ1) is 5.74. The minimum Gasteiger partial charge on any atom is -0.330 e. The number of halogens is 1. The van der Waals surface area contributed by atoms with Gasteiger partial charge in [0.25, 0.3) is 0 Å². The lowest BCUT2D eigenvalue weighted by molar-refractivity contribution is 0.623. The molecule has 0 aliphatic carbocycles. The second kappa shape index (κ2) is 4.21. The second-order valence-corrected chi connectivity index (χ2v) is 3.03. The molecule has 66 valence electrons. The first kappa shape index (κ1) is 9.20. The number of hydrogen-bond donors (Lipinski definition) is 1. The van der Waals surface area contributed by atoms with E-state index in [1.165, 1.54) is 12.1 Å². The summed E-state index contributed by atoms with van der Waals surface area (Å²) < 4.78 is 12.5. The third-order valence-electron chi connectivity index (χ3n) is 2.04. The molecule has 1 atom stereocenters. The summed E-state index contributed by atoms with van der Waals surface area (Å²) >= 11 is 0. The Hall–Kier alpha value is -0.890. The van der Waals surface area contributed by atoms with Crippen molar-refractivity contribution in [1.29, 1.82) is 0 Å². The zero-order valence-corrected chi connectivity index (χ0v) is 7.26. The largest absolute Gasteiger partial charge is 0.330 e. The average Bonchev–Trinajstić information content (AvgIpc) is 2.06. The zero-order valence-electron chi connectivity index (χ0n) is 7.26. The maximum absolute atomic E-state index is 12.5. The molecule has 0 aromatic heterocycles. The fourth-order valence-electron chi connectivity index (χ4n) is 1.21. The standard InChI is InChI=1S/C10H14FN/c1-8(6-7-12)9-2-4-10(11)5-3-9/h2-5,8H,6-7,12H2,1H3/t8-/m0/s1. The van der Waals surface area contributed by atoms with Crippen molar-refractivity contribution in [3.05, 3.63) is 35.6 Å². The molecule has 0 radical (unpaired) electrons. The normalized spacial score (nSPS) is 12.9. The highest BCUT2D eigenvalue weighted by Crippen LogP contribution is 2.17. The van der Waals surface area contributed by atoms with Crippen LogP contribution in [0.4, 0.5) is 4.39 Å². The van der Waals surface area contributed by atoms with Crippen molar-refractivity contribution in [2.75, 3.05) is 6.54 Å². The van der Waals surface area contributed by atoms with Crippen LogP contribution in [0, 0.1) is 5.82 Å². The quantitative estimate of drug-likeness (QED) is 0.734. The van der Waals surface area contributed by atoms with E-state index in [0.717, 1.165) is 12.0 Å². The van der Waals surface area contributed by atoms with Crippen molar-refractivity contribution in [2.24, 2.45) is 5.73 Å². The summed E-state index contributed by atoms with van der Waals surface area (Å²) in [6, 6.07) is 6.61. The van der Waals surface area contributed by atoms with Crippen LogP contribution in [0.15, 0.2) is 24.3 Å². The summed E-state index contributed by atoms with van der Waals surface area (Å²) in [6.07, 6.45) is 0.950. The highest BCUT2D eigenvalue weighted by atomic mass is 19.1. The van der Waals surface area contributed by atoms with Gasteiger partial charge in [-0.25, -0.2) is 4.39 Å². The lowest BCUT2D eigenvalue weighted by atomic mass is 9.98. The topological polar surface area (TPSA) is 26.0 Å². The molecule has 0 aliphatic rings. The van der Waals surface area contributed by atoms with E-state index in [4.69, 9.17) is 5.73 Å². The summed E-state index contributed by atoms with van der Waals surface area (Å²) in [5.41, 5.74) is 6.58. The Bertz CT molecular complexity index is 230. The molecule has 0 spiro atoms. The summed E-state index contributed by atoms with van der Waals surface area (Å²) in [5.74, 6) is 0.245. The molecule has 12 heavy (non-hydrogen) atoms. The highest BCUT2D eigenvalue weighted by Gasteiger charge is 2.03. The molecule has 1 aromatic rings. The Labute approximate surface area is 72.4 Å². The minimum atomic E-state index is -0.182. The molecule has 1 rings (SSSR count). The summed E-state index contributed by atoms with van der Waals surface area (Å²) in [5, 5.41) is 0. The molecule has 0 fully saturated rings. The molecule has 2 N–H and O–H groups in total. The van der Waals surface area contributed by atoms with Gasteiger partial charge in [-0.3, -0.25) is 0 Å². The van der Waals surface area contributed by atoms with E-state index in [-0.39, 0.29) is 5.82 Å². The van der Waals surface area contributed by atoms with Gasteiger partial charge in [0.05, 0.1) is 0 Å². The van der Waals surface area contributed by atoms with Crippen LogP contribution in [-0.4, -0.2) is 6.54 Å². The van der Waals surface area contributed by atoms with Crippen molar-refractivity contribution < 1.29 is 4.39 Å². The van der Waals surface area contributed by atoms with Crippen molar-refractivity contribution in [3.8, 4) is 0 Å². The molecule has 0 unspecified atom stereocenters. The molecular weight excluding hydrogens is 153 g/mol. The van der Waals surface area contributed by atoms with E-state index in [9.17, 15) is 4.39 Å². The van der Waals surface area contributed by atoms with E-state index >= 15 is 0 Å². The van der Waals surface area contributed by atoms with Crippen LogP contribution in [0.25, 0.3) is 0 Å². The number of rotatable bonds is 3. The lowest BCUT2D eigenvalue weighted by Crippen LogP contribution is -2.04. The van der Waals surface area contributed by atoms with Gasteiger partial charge in [0, 0.05) is 0 Å². The Morgan fingerprint density at radius 1 is 1.33 bits per heavy atom. The Morgan fingerprint density at radius 2 is 1.92 bits per heavy atom. The smallest absolute Gasteiger partial charge is 0.123 e. The van der Waals surface area contributed by atoms with E-state index < -0.39 is 0 Å². The number of hydrogen-bond acceptors (Lipinski definition) is 1. The summed E-state index contributed by atoms with van der Waals surface area (Å²) in [4.78, 5) is 0. The fraction of sp³-hybridized carbons (Fsp3) is 0.400. The molecule has 0 amide bonds. The van der Waals surface area contributed by atoms with Crippen LogP contribution in [-0.2, 0) is 0 Å². The summed E-state index contributed by atoms with van der Waals surface area (Å²) in [6.45, 7) is 2.78. The first-order valence-corrected chi connectivity index (χ1v) is 4.19. The molecular formula is C10H14FN. The van der Waals surface area contributed by atoms with Gasteiger partial charge < -0.3 is 5.73 Å². The van der Waals surface area contributed by atoms with Crippen molar-refractivity contribution in [3.63, 3.8) is 0 Å². The molecule has 0 heterocycles. The lowest BCUT2D eigenvalue weighted by Gasteiger charge is -2.09. The van der Waals surface area contributed by atoms with E-state index in [2.05, 4.69) is 6.92 Å². The first-order valence-electron chi connectivity index (χ1n) is 4.19. The fourth-order valence-corrected chi connectivity index (χ4v) is 1.21. The zero-order chi connectivity index (χ0) is 8.97. The predicted octanol–water partition coefficient (Wildman–Crippen LogP) is 2.28. The highest BCUT2D eigenvalue weighted by molar-refractivity contribution is 5.19. The molecule has 1 aromatic carbocycles.